The SMILES string of the molecule is COC(O)c1c(NS(=O)(=O)c2ccccc2F)ccc2c1OC[C@H]1OCC[C@@]21C. The van der Waals surface area contributed by atoms with Crippen LogP contribution in [0.3, 0.4) is 0 Å². The van der Waals surface area contributed by atoms with Gasteiger partial charge in [0.05, 0.1) is 11.3 Å². The van der Waals surface area contributed by atoms with Gasteiger partial charge in [0.2, 0.25) is 0 Å². The fraction of sp³-hybridized carbons (Fsp3) is 0.400. The van der Waals surface area contributed by atoms with E-state index in [0.717, 1.165) is 18.1 Å². The van der Waals surface area contributed by atoms with Crippen molar-refractivity contribution in [3.05, 3.63) is 53.3 Å². The topological polar surface area (TPSA) is 94.1 Å². The molecule has 2 aromatic rings. The Kier molecular flexibility index (Phi) is 5.02. The minimum absolute atomic E-state index is 0.0577. The van der Waals surface area contributed by atoms with Crippen molar-refractivity contribution in [2.75, 3.05) is 25.0 Å². The predicted molar refractivity (Wildman–Crippen MR) is 103 cm³/mol. The Labute approximate surface area is 168 Å². The Bertz CT molecular complexity index is 1040. The Balaban J connectivity index is 1.82. The first kappa shape index (κ1) is 20.1. The van der Waals surface area contributed by atoms with Gasteiger partial charge in [0, 0.05) is 24.7 Å². The lowest BCUT2D eigenvalue weighted by atomic mass is 9.74. The average molecular weight is 423 g/mol. The number of nitrogens with one attached hydrogen (secondary N) is 1. The van der Waals surface area contributed by atoms with Crippen LogP contribution in [0.5, 0.6) is 5.75 Å². The summed E-state index contributed by atoms with van der Waals surface area (Å²) >= 11 is 0. The van der Waals surface area contributed by atoms with Gasteiger partial charge in [0.15, 0.2) is 6.29 Å². The average Bonchev–Trinajstić information content (AvgIpc) is 3.08. The van der Waals surface area contributed by atoms with Crippen molar-refractivity contribution in [3.8, 4) is 5.75 Å². The third-order valence-corrected chi connectivity index (χ3v) is 7.08. The van der Waals surface area contributed by atoms with Crippen molar-refractivity contribution in [1.29, 1.82) is 0 Å². The molecule has 0 spiro atoms. The Morgan fingerprint density at radius 2 is 2.07 bits per heavy atom. The van der Waals surface area contributed by atoms with Crippen LogP contribution in [0.4, 0.5) is 10.1 Å². The molecule has 2 aromatic carbocycles. The highest BCUT2D eigenvalue weighted by molar-refractivity contribution is 7.92. The molecule has 0 aromatic heterocycles. The first-order valence-electron chi connectivity index (χ1n) is 9.18. The molecule has 1 saturated heterocycles. The molecular formula is C20H22FNO6S. The van der Waals surface area contributed by atoms with E-state index in [-0.39, 0.29) is 29.4 Å². The second-order valence-corrected chi connectivity index (χ2v) is 9.02. The van der Waals surface area contributed by atoms with Crippen LogP contribution < -0.4 is 9.46 Å². The maximum Gasteiger partial charge on any atom is 0.264 e. The highest BCUT2D eigenvalue weighted by Gasteiger charge is 2.47. The molecule has 2 aliphatic rings. The van der Waals surface area contributed by atoms with Crippen LogP contribution in [-0.2, 0) is 24.9 Å². The summed E-state index contributed by atoms with van der Waals surface area (Å²) < 4.78 is 58.6. The third kappa shape index (κ3) is 3.28. The summed E-state index contributed by atoms with van der Waals surface area (Å²) in [7, 11) is -2.94. The van der Waals surface area contributed by atoms with Crippen LogP contribution in [0.1, 0.15) is 30.8 Å². The number of hydrogen-bond acceptors (Lipinski definition) is 6. The maximum absolute atomic E-state index is 14.1. The van der Waals surface area contributed by atoms with Crippen LogP contribution in [0.15, 0.2) is 41.3 Å². The van der Waals surface area contributed by atoms with E-state index >= 15 is 0 Å². The molecule has 4 rings (SSSR count). The quantitative estimate of drug-likeness (QED) is 0.719. The fourth-order valence-electron chi connectivity index (χ4n) is 3.98. The zero-order valence-corrected chi connectivity index (χ0v) is 16.8. The van der Waals surface area contributed by atoms with Gasteiger partial charge in [-0.15, -0.1) is 0 Å². The van der Waals surface area contributed by atoms with Gasteiger partial charge >= 0.3 is 0 Å². The van der Waals surface area contributed by atoms with Crippen LogP contribution in [0, 0.1) is 5.82 Å². The van der Waals surface area contributed by atoms with Gasteiger partial charge in [-0.1, -0.05) is 25.1 Å². The van der Waals surface area contributed by atoms with E-state index in [9.17, 15) is 17.9 Å². The van der Waals surface area contributed by atoms with E-state index in [2.05, 4.69) is 11.6 Å². The highest BCUT2D eigenvalue weighted by atomic mass is 32.2. The number of rotatable bonds is 5. The molecule has 3 atom stereocenters. The van der Waals surface area contributed by atoms with Gasteiger partial charge in [-0.25, -0.2) is 12.8 Å². The number of sulfonamides is 1. The number of fused-ring (bicyclic) bond motifs is 3. The van der Waals surface area contributed by atoms with Crippen molar-refractivity contribution in [1.82, 2.24) is 0 Å². The molecule has 2 aliphatic heterocycles. The number of hydrogen-bond donors (Lipinski definition) is 2. The Hall–Kier alpha value is -2.20. The molecule has 29 heavy (non-hydrogen) atoms. The van der Waals surface area contributed by atoms with Crippen LogP contribution in [0.2, 0.25) is 0 Å². The lowest BCUT2D eigenvalue weighted by Crippen LogP contribution is -2.41. The van der Waals surface area contributed by atoms with Gasteiger partial charge in [0.1, 0.15) is 29.2 Å². The molecular weight excluding hydrogens is 401 g/mol. The molecule has 1 fully saturated rings. The molecule has 0 bridgehead atoms. The second-order valence-electron chi connectivity index (χ2n) is 7.37. The number of anilines is 1. The first-order valence-corrected chi connectivity index (χ1v) is 10.7. The van der Waals surface area contributed by atoms with Gasteiger partial charge in [-0.3, -0.25) is 4.72 Å². The van der Waals surface area contributed by atoms with Crippen molar-refractivity contribution in [2.24, 2.45) is 0 Å². The predicted octanol–water partition coefficient (Wildman–Crippen LogP) is 2.70. The van der Waals surface area contributed by atoms with Gasteiger partial charge in [-0.2, -0.15) is 0 Å². The van der Waals surface area contributed by atoms with Crippen molar-refractivity contribution in [3.63, 3.8) is 0 Å². The van der Waals surface area contributed by atoms with Crippen molar-refractivity contribution < 1.29 is 32.1 Å². The number of methoxy groups -OCH3 is 1. The molecule has 7 nitrogen and oxygen atoms in total. The lowest BCUT2D eigenvalue weighted by Gasteiger charge is -2.38. The summed E-state index contributed by atoms with van der Waals surface area (Å²) in [5.74, 6) is -0.515. The number of ether oxygens (including phenoxy) is 3. The zero-order chi connectivity index (χ0) is 20.8. The van der Waals surface area contributed by atoms with Crippen LogP contribution in [0.25, 0.3) is 0 Å². The minimum atomic E-state index is -4.24. The fourth-order valence-corrected chi connectivity index (χ4v) is 5.14. The summed E-state index contributed by atoms with van der Waals surface area (Å²) in [6.45, 7) is 2.92. The molecule has 0 aliphatic carbocycles. The van der Waals surface area contributed by atoms with E-state index < -0.39 is 27.0 Å². The molecule has 2 heterocycles. The van der Waals surface area contributed by atoms with E-state index in [1.54, 1.807) is 6.07 Å². The number of halogens is 1. The summed E-state index contributed by atoms with van der Waals surface area (Å²) in [6, 6.07) is 8.35. The smallest absolute Gasteiger partial charge is 0.264 e. The summed E-state index contributed by atoms with van der Waals surface area (Å²) in [4.78, 5) is -0.493. The van der Waals surface area contributed by atoms with Crippen molar-refractivity contribution in [2.45, 2.75) is 36.0 Å². The molecule has 2 N–H and O–H groups in total. The van der Waals surface area contributed by atoms with Gasteiger partial charge in [-0.05, 0) is 24.6 Å². The first-order chi connectivity index (χ1) is 13.8. The zero-order valence-electron chi connectivity index (χ0n) is 16.0. The Morgan fingerprint density at radius 3 is 2.79 bits per heavy atom. The summed E-state index contributed by atoms with van der Waals surface area (Å²) in [6.07, 6.45) is -0.786. The van der Waals surface area contributed by atoms with Crippen molar-refractivity contribution >= 4 is 15.7 Å². The third-order valence-electron chi connectivity index (χ3n) is 5.68. The molecule has 0 amide bonds. The van der Waals surface area contributed by atoms with Crippen LogP contribution >= 0.6 is 0 Å². The second kappa shape index (κ2) is 7.24. The van der Waals surface area contributed by atoms with Gasteiger partial charge < -0.3 is 19.3 Å². The minimum Gasteiger partial charge on any atom is -0.490 e. The number of benzene rings is 2. The summed E-state index contributed by atoms with van der Waals surface area (Å²) in [5, 5.41) is 10.5. The Morgan fingerprint density at radius 1 is 1.31 bits per heavy atom. The molecule has 156 valence electrons. The molecule has 1 unspecified atom stereocenters. The molecule has 0 radical (unpaired) electrons. The van der Waals surface area contributed by atoms with E-state index in [0.29, 0.717) is 12.4 Å². The molecule has 0 saturated carbocycles. The largest absolute Gasteiger partial charge is 0.490 e. The monoisotopic (exact) mass is 423 g/mol. The van der Waals surface area contributed by atoms with E-state index in [4.69, 9.17) is 14.2 Å². The molecule has 9 heteroatoms. The number of aliphatic hydroxyl groups excluding tert-OH is 1. The number of aliphatic hydroxyl groups is 1. The highest BCUT2D eigenvalue weighted by Crippen LogP contribution is 2.50. The normalized spacial score (nSPS) is 24.3. The lowest BCUT2D eigenvalue weighted by molar-refractivity contribution is -0.0790. The van der Waals surface area contributed by atoms with Gasteiger partial charge in [0.25, 0.3) is 10.0 Å². The van der Waals surface area contributed by atoms with Crippen LogP contribution in [-0.4, -0.2) is 40.0 Å². The maximum atomic E-state index is 14.1. The van der Waals surface area contributed by atoms with E-state index in [1.165, 1.54) is 31.4 Å². The standard InChI is InChI=1S/C20H22FNO6S/c1-20-9-10-27-16(20)11-28-18-12(20)7-8-14(17(18)19(23)26-2)22-29(24,25)15-6-4-3-5-13(15)21/h3-8,16,19,22-23H,9-11H2,1-2H3/t16-,19?,20+/m1/s1. The van der Waals surface area contributed by atoms with E-state index in [1.807, 2.05) is 0 Å². The summed E-state index contributed by atoms with van der Waals surface area (Å²) in [5.41, 5.74) is 0.698.